The summed E-state index contributed by atoms with van der Waals surface area (Å²) < 4.78 is 49.0. The van der Waals surface area contributed by atoms with Crippen LogP contribution in [-0.4, -0.2) is 53.0 Å². The molecule has 0 saturated carbocycles. The lowest BCUT2D eigenvalue weighted by Crippen LogP contribution is -2.55. The van der Waals surface area contributed by atoms with Crippen molar-refractivity contribution in [2.24, 2.45) is 5.41 Å². The molecule has 2 atom stereocenters. The summed E-state index contributed by atoms with van der Waals surface area (Å²) in [6.45, 7) is 0.850. The maximum atomic E-state index is 14.4. The quantitative estimate of drug-likeness (QED) is 0.554. The Kier molecular flexibility index (Phi) is 5.64. The first-order valence-corrected chi connectivity index (χ1v) is 11.3. The summed E-state index contributed by atoms with van der Waals surface area (Å²) in [4.78, 5) is 21.1. The molecule has 3 heterocycles. The maximum absolute atomic E-state index is 14.4. The van der Waals surface area contributed by atoms with Crippen molar-refractivity contribution < 1.29 is 22.4 Å². The minimum Gasteiger partial charge on any atom is -0.440 e. The third-order valence-electron chi connectivity index (χ3n) is 6.92. The summed E-state index contributed by atoms with van der Waals surface area (Å²) in [5, 5.41) is 0. The smallest absolute Gasteiger partial charge is 0.404 e. The Hall–Kier alpha value is -2.87. The van der Waals surface area contributed by atoms with Gasteiger partial charge in [0.15, 0.2) is 16.9 Å². The van der Waals surface area contributed by atoms with Gasteiger partial charge in [0.25, 0.3) is 0 Å². The fraction of sp³-hybridized carbons (Fsp3) is 0.440. The lowest BCUT2D eigenvalue weighted by Gasteiger charge is -2.39. The van der Waals surface area contributed by atoms with Crippen LogP contribution in [0.2, 0.25) is 0 Å². The zero-order valence-corrected chi connectivity index (χ0v) is 18.2. The highest BCUT2D eigenvalue weighted by atomic mass is 19.4. The Labute approximate surface area is 190 Å². The van der Waals surface area contributed by atoms with E-state index in [1.54, 1.807) is 4.90 Å². The third kappa shape index (κ3) is 4.12. The Balaban J connectivity index is 1.35. The monoisotopic (exact) mass is 457 g/mol. The van der Waals surface area contributed by atoms with Crippen LogP contribution >= 0.6 is 0 Å². The topological polar surface area (TPSA) is 49.6 Å². The fourth-order valence-corrected chi connectivity index (χ4v) is 5.12. The molecule has 0 aliphatic carbocycles. The van der Waals surface area contributed by atoms with Crippen molar-refractivity contribution in [1.82, 2.24) is 14.8 Å². The number of carbonyl (C=O) groups excluding carboxylic acids is 1. The molecular formula is C25H26F3N3O2. The van der Waals surface area contributed by atoms with Crippen molar-refractivity contribution in [2.45, 2.75) is 37.9 Å². The standard InChI is InChI=1S/C25H26F3N3O2/c26-25(27,28)24(12-14-30(17-24)15-18-7-2-1-3-8-18)23(32)31-13-6-9-19(16-31)22-29-20-10-4-5-11-21(20)33-22/h1-5,7-8,10-11,19H,6,9,12-17H2. The Bertz CT molecular complexity index is 1100. The number of carbonyl (C=O) groups is 1. The number of para-hydroxylation sites is 2. The fourth-order valence-electron chi connectivity index (χ4n) is 5.12. The van der Waals surface area contributed by atoms with Gasteiger partial charge in [-0.05, 0) is 43.5 Å². The molecule has 5 nitrogen and oxygen atoms in total. The number of halogens is 3. The lowest BCUT2D eigenvalue weighted by atomic mass is 9.83. The number of alkyl halides is 3. The molecule has 2 aliphatic heterocycles. The highest BCUT2D eigenvalue weighted by Gasteiger charge is 2.64. The number of hydrogen-bond donors (Lipinski definition) is 0. The molecule has 0 spiro atoms. The summed E-state index contributed by atoms with van der Waals surface area (Å²) in [6.07, 6.45) is -3.47. The van der Waals surface area contributed by atoms with Gasteiger partial charge < -0.3 is 9.32 Å². The minimum atomic E-state index is -4.61. The number of rotatable bonds is 4. The van der Waals surface area contributed by atoms with Crippen molar-refractivity contribution in [3.8, 4) is 0 Å². The molecule has 174 valence electrons. The lowest BCUT2D eigenvalue weighted by molar-refractivity contribution is -0.224. The van der Waals surface area contributed by atoms with Gasteiger partial charge in [-0.15, -0.1) is 0 Å². The number of piperidine rings is 1. The van der Waals surface area contributed by atoms with Crippen molar-refractivity contribution in [3.05, 3.63) is 66.1 Å². The zero-order chi connectivity index (χ0) is 23.1. The second-order valence-electron chi connectivity index (χ2n) is 9.14. The number of oxazole rings is 1. The molecule has 2 aromatic carbocycles. The number of hydrogen-bond acceptors (Lipinski definition) is 4. The molecule has 0 N–H and O–H groups in total. The van der Waals surface area contributed by atoms with E-state index < -0.39 is 17.5 Å². The molecule has 0 bridgehead atoms. The van der Waals surface area contributed by atoms with Gasteiger partial charge in [0.05, 0.1) is 5.92 Å². The molecule has 2 fully saturated rings. The Morgan fingerprint density at radius 2 is 1.85 bits per heavy atom. The van der Waals surface area contributed by atoms with E-state index in [1.807, 2.05) is 54.6 Å². The summed E-state index contributed by atoms with van der Waals surface area (Å²) >= 11 is 0. The van der Waals surface area contributed by atoms with E-state index in [0.29, 0.717) is 31.0 Å². The molecule has 8 heteroatoms. The molecule has 2 saturated heterocycles. The number of fused-ring (bicyclic) bond motifs is 1. The van der Waals surface area contributed by atoms with Gasteiger partial charge in [-0.2, -0.15) is 13.2 Å². The largest absolute Gasteiger partial charge is 0.440 e. The number of aromatic nitrogens is 1. The normalized spacial score (nSPS) is 24.5. The van der Waals surface area contributed by atoms with Gasteiger partial charge in [-0.3, -0.25) is 9.69 Å². The molecule has 0 radical (unpaired) electrons. The van der Waals surface area contributed by atoms with Crippen molar-refractivity contribution in [3.63, 3.8) is 0 Å². The second-order valence-corrected chi connectivity index (χ2v) is 9.14. The molecule has 3 aromatic rings. The van der Waals surface area contributed by atoms with E-state index in [9.17, 15) is 18.0 Å². The second kappa shape index (κ2) is 8.48. The van der Waals surface area contributed by atoms with Crippen LogP contribution in [0.15, 0.2) is 59.0 Å². The Morgan fingerprint density at radius 3 is 2.61 bits per heavy atom. The van der Waals surface area contributed by atoms with Crippen LogP contribution in [0.4, 0.5) is 13.2 Å². The molecule has 2 aliphatic rings. The number of amides is 1. The summed E-state index contributed by atoms with van der Waals surface area (Å²) in [7, 11) is 0. The molecule has 2 unspecified atom stereocenters. The molecule has 1 aromatic heterocycles. The molecular weight excluding hydrogens is 431 g/mol. The molecule has 5 rings (SSSR count). The minimum absolute atomic E-state index is 0.197. The van der Waals surface area contributed by atoms with Gasteiger partial charge in [-0.1, -0.05) is 42.5 Å². The van der Waals surface area contributed by atoms with Crippen molar-refractivity contribution in [1.29, 1.82) is 0 Å². The first kappa shape index (κ1) is 21.9. The van der Waals surface area contributed by atoms with E-state index in [1.165, 1.54) is 4.90 Å². The van der Waals surface area contributed by atoms with E-state index in [4.69, 9.17) is 4.42 Å². The van der Waals surface area contributed by atoms with E-state index in [-0.39, 0.29) is 32.0 Å². The predicted molar refractivity (Wildman–Crippen MR) is 117 cm³/mol. The van der Waals surface area contributed by atoms with Crippen molar-refractivity contribution in [2.75, 3.05) is 26.2 Å². The third-order valence-corrected chi connectivity index (χ3v) is 6.92. The predicted octanol–water partition coefficient (Wildman–Crippen LogP) is 4.99. The summed E-state index contributed by atoms with van der Waals surface area (Å²) in [5.74, 6) is -0.527. The van der Waals surface area contributed by atoms with E-state index >= 15 is 0 Å². The zero-order valence-electron chi connectivity index (χ0n) is 18.2. The van der Waals surface area contributed by atoms with Crippen LogP contribution in [0.1, 0.15) is 36.6 Å². The van der Waals surface area contributed by atoms with E-state index in [2.05, 4.69) is 4.98 Å². The van der Waals surface area contributed by atoms with Crippen LogP contribution in [0, 0.1) is 5.41 Å². The van der Waals surface area contributed by atoms with Gasteiger partial charge >= 0.3 is 6.18 Å². The van der Waals surface area contributed by atoms with Crippen LogP contribution in [0.3, 0.4) is 0 Å². The van der Waals surface area contributed by atoms with Crippen LogP contribution < -0.4 is 0 Å². The number of likely N-dealkylation sites (tertiary alicyclic amines) is 2. The maximum Gasteiger partial charge on any atom is 0.404 e. The SMILES string of the molecule is O=C(N1CCCC(c2nc3ccccc3o2)C1)C1(C(F)(F)F)CCN(Cc2ccccc2)C1. The average molecular weight is 457 g/mol. The van der Waals surface area contributed by atoms with Crippen LogP contribution in [-0.2, 0) is 11.3 Å². The first-order chi connectivity index (χ1) is 15.9. The van der Waals surface area contributed by atoms with Gasteiger partial charge in [0.2, 0.25) is 5.91 Å². The van der Waals surface area contributed by atoms with Gasteiger partial charge in [0, 0.05) is 26.2 Å². The highest BCUT2D eigenvalue weighted by molar-refractivity contribution is 5.84. The number of benzene rings is 2. The molecule has 1 amide bonds. The first-order valence-electron chi connectivity index (χ1n) is 11.3. The van der Waals surface area contributed by atoms with Crippen LogP contribution in [0.25, 0.3) is 11.1 Å². The average Bonchev–Trinajstić information content (AvgIpc) is 3.44. The Morgan fingerprint density at radius 1 is 1.09 bits per heavy atom. The summed E-state index contributed by atoms with van der Waals surface area (Å²) in [6, 6.07) is 16.8. The number of nitrogens with zero attached hydrogens (tertiary/aromatic N) is 3. The van der Waals surface area contributed by atoms with Crippen LogP contribution in [0.5, 0.6) is 0 Å². The molecule has 33 heavy (non-hydrogen) atoms. The highest BCUT2D eigenvalue weighted by Crippen LogP contribution is 2.48. The van der Waals surface area contributed by atoms with Gasteiger partial charge in [-0.25, -0.2) is 4.98 Å². The van der Waals surface area contributed by atoms with Gasteiger partial charge in [0.1, 0.15) is 5.52 Å². The van der Waals surface area contributed by atoms with Crippen molar-refractivity contribution >= 4 is 17.0 Å². The van der Waals surface area contributed by atoms with E-state index in [0.717, 1.165) is 17.5 Å². The summed E-state index contributed by atoms with van der Waals surface area (Å²) in [5.41, 5.74) is -0.0626.